The van der Waals surface area contributed by atoms with Crippen molar-refractivity contribution >= 4 is 6.15 Å². The van der Waals surface area contributed by atoms with Crippen LogP contribution in [-0.2, 0) is 9.59 Å². The molecule has 0 aromatic carbocycles. The molecule has 1 aliphatic heterocycles. The van der Waals surface area contributed by atoms with Crippen LogP contribution in [0.25, 0.3) is 0 Å². The molecule has 1 atom stereocenters. The first-order valence-electron chi connectivity index (χ1n) is 5.01. The van der Waals surface area contributed by atoms with E-state index in [-0.39, 0.29) is 12.3 Å². The summed E-state index contributed by atoms with van der Waals surface area (Å²) in [6, 6.07) is 0. The molecule has 4 nitrogen and oxygen atoms in total. The van der Waals surface area contributed by atoms with E-state index in [9.17, 15) is 5.11 Å². The summed E-state index contributed by atoms with van der Waals surface area (Å²) in [4.78, 5) is 18.6. The van der Waals surface area contributed by atoms with Crippen LogP contribution in [0.5, 0.6) is 0 Å². The lowest BCUT2D eigenvalue weighted by Gasteiger charge is -2.31. The molecule has 1 aliphatic rings. The van der Waals surface area contributed by atoms with E-state index in [1.54, 1.807) is 0 Å². The highest BCUT2D eigenvalue weighted by Gasteiger charge is 2.21. The molecular formula is C10H19NO3. The predicted molar refractivity (Wildman–Crippen MR) is 51.5 cm³/mol. The van der Waals surface area contributed by atoms with Crippen LogP contribution in [0.3, 0.4) is 0 Å². The molecule has 82 valence electrons. The van der Waals surface area contributed by atoms with E-state index in [4.69, 9.17) is 9.59 Å². The van der Waals surface area contributed by atoms with Crippen molar-refractivity contribution in [3.8, 4) is 0 Å². The third-order valence-electron chi connectivity index (χ3n) is 2.73. The highest BCUT2D eigenvalue weighted by atomic mass is 16.3. The smallest absolute Gasteiger partial charge is 0.373 e. The molecule has 4 heteroatoms. The van der Waals surface area contributed by atoms with Crippen LogP contribution in [0, 0.1) is 5.92 Å². The maximum Gasteiger partial charge on any atom is 0.373 e. The van der Waals surface area contributed by atoms with Gasteiger partial charge in [0, 0.05) is 0 Å². The Hall–Kier alpha value is -0.700. The van der Waals surface area contributed by atoms with Crippen LogP contribution in [0.2, 0.25) is 0 Å². The van der Waals surface area contributed by atoms with Crippen LogP contribution in [0.4, 0.5) is 0 Å². The normalized spacial score (nSPS) is 20.5. The van der Waals surface area contributed by atoms with Gasteiger partial charge in [-0.2, -0.15) is 9.59 Å². The van der Waals surface area contributed by atoms with Gasteiger partial charge in [0.15, 0.2) is 0 Å². The van der Waals surface area contributed by atoms with Crippen molar-refractivity contribution < 1.29 is 14.7 Å². The van der Waals surface area contributed by atoms with Gasteiger partial charge in [0.2, 0.25) is 0 Å². The van der Waals surface area contributed by atoms with Gasteiger partial charge in [0.25, 0.3) is 0 Å². The van der Waals surface area contributed by atoms with E-state index in [1.807, 2.05) is 0 Å². The first-order chi connectivity index (χ1) is 6.65. The first-order valence-corrected chi connectivity index (χ1v) is 5.01. The Labute approximate surface area is 84.9 Å². The SMILES string of the molecule is CCC(O)C1CCN(C)CC1.O=C=O. The van der Waals surface area contributed by atoms with Crippen LogP contribution in [0.1, 0.15) is 26.2 Å². The van der Waals surface area contributed by atoms with Crippen LogP contribution in [0.15, 0.2) is 0 Å². The minimum Gasteiger partial charge on any atom is -0.393 e. The van der Waals surface area contributed by atoms with Gasteiger partial charge in [0.05, 0.1) is 6.10 Å². The van der Waals surface area contributed by atoms with E-state index in [2.05, 4.69) is 18.9 Å². The van der Waals surface area contributed by atoms with Gasteiger partial charge in [-0.15, -0.1) is 0 Å². The van der Waals surface area contributed by atoms with Crippen molar-refractivity contribution in [1.82, 2.24) is 4.90 Å². The lowest BCUT2D eigenvalue weighted by molar-refractivity contribution is -0.191. The average molecular weight is 201 g/mol. The van der Waals surface area contributed by atoms with Gasteiger partial charge in [-0.3, -0.25) is 0 Å². The molecule has 0 spiro atoms. The summed E-state index contributed by atoms with van der Waals surface area (Å²) in [7, 11) is 2.15. The van der Waals surface area contributed by atoms with Gasteiger partial charge >= 0.3 is 6.15 Å². The fourth-order valence-electron chi connectivity index (χ4n) is 1.75. The number of aliphatic hydroxyl groups excluding tert-OH is 1. The van der Waals surface area contributed by atoms with E-state index in [1.165, 1.54) is 12.8 Å². The Morgan fingerprint density at radius 1 is 1.43 bits per heavy atom. The monoisotopic (exact) mass is 201 g/mol. The molecule has 1 saturated heterocycles. The molecule has 1 N–H and O–H groups in total. The number of nitrogens with zero attached hydrogens (tertiary/aromatic N) is 1. The summed E-state index contributed by atoms with van der Waals surface area (Å²) in [6.07, 6.45) is 3.45. The number of piperidine rings is 1. The average Bonchev–Trinajstić information content (AvgIpc) is 2.19. The van der Waals surface area contributed by atoms with Gasteiger partial charge in [-0.1, -0.05) is 6.92 Å². The summed E-state index contributed by atoms with van der Waals surface area (Å²) in [6.45, 7) is 4.37. The molecule has 0 aromatic rings. The fourth-order valence-corrected chi connectivity index (χ4v) is 1.75. The molecule has 0 radical (unpaired) electrons. The zero-order valence-electron chi connectivity index (χ0n) is 8.90. The molecule has 1 fully saturated rings. The largest absolute Gasteiger partial charge is 0.393 e. The third-order valence-corrected chi connectivity index (χ3v) is 2.73. The number of rotatable bonds is 2. The lowest BCUT2D eigenvalue weighted by atomic mass is 9.90. The second kappa shape index (κ2) is 7.68. The number of hydrogen-bond acceptors (Lipinski definition) is 4. The number of hydrogen-bond donors (Lipinski definition) is 1. The molecule has 0 bridgehead atoms. The summed E-state index contributed by atoms with van der Waals surface area (Å²) in [5.74, 6) is 0.566. The van der Waals surface area contributed by atoms with Gasteiger partial charge in [-0.05, 0) is 45.3 Å². The Morgan fingerprint density at radius 2 is 1.86 bits per heavy atom. The second-order valence-corrected chi connectivity index (χ2v) is 3.70. The second-order valence-electron chi connectivity index (χ2n) is 3.70. The van der Waals surface area contributed by atoms with Crippen LogP contribution >= 0.6 is 0 Å². The summed E-state index contributed by atoms with van der Waals surface area (Å²) >= 11 is 0. The summed E-state index contributed by atoms with van der Waals surface area (Å²) in [5, 5.41) is 9.55. The maximum absolute atomic E-state index is 9.55. The Balaban J connectivity index is 0.000000500. The number of likely N-dealkylation sites (tertiary alicyclic amines) is 1. The van der Waals surface area contributed by atoms with Crippen molar-refractivity contribution in [2.75, 3.05) is 20.1 Å². The molecule has 0 aliphatic carbocycles. The van der Waals surface area contributed by atoms with Gasteiger partial charge in [-0.25, -0.2) is 0 Å². The zero-order valence-corrected chi connectivity index (χ0v) is 8.90. The lowest BCUT2D eigenvalue weighted by Crippen LogP contribution is -2.35. The molecular weight excluding hydrogens is 182 g/mol. The fraction of sp³-hybridized carbons (Fsp3) is 0.900. The van der Waals surface area contributed by atoms with Crippen LogP contribution < -0.4 is 0 Å². The van der Waals surface area contributed by atoms with Crippen LogP contribution in [-0.4, -0.2) is 42.4 Å². The highest BCUT2D eigenvalue weighted by molar-refractivity contribution is 5.20. The van der Waals surface area contributed by atoms with E-state index in [0.29, 0.717) is 5.92 Å². The molecule has 1 heterocycles. The third kappa shape index (κ3) is 5.12. The molecule has 14 heavy (non-hydrogen) atoms. The predicted octanol–water partition coefficient (Wildman–Crippen LogP) is 0.516. The maximum atomic E-state index is 9.55. The molecule has 1 unspecified atom stereocenters. The standard InChI is InChI=1S/C9H19NO.CO2/c1-3-9(11)8-4-6-10(2)7-5-8;2-1-3/h8-9,11H,3-7H2,1-2H3;. The minimum atomic E-state index is -0.0521. The van der Waals surface area contributed by atoms with E-state index in [0.717, 1.165) is 19.5 Å². The number of carbonyl (C=O) groups excluding carboxylic acids is 2. The van der Waals surface area contributed by atoms with E-state index >= 15 is 0 Å². The first kappa shape index (κ1) is 13.3. The van der Waals surface area contributed by atoms with Gasteiger partial charge < -0.3 is 10.0 Å². The summed E-state index contributed by atoms with van der Waals surface area (Å²) in [5.41, 5.74) is 0. The Morgan fingerprint density at radius 3 is 2.21 bits per heavy atom. The topological polar surface area (TPSA) is 57.6 Å². The molecule has 0 aromatic heterocycles. The van der Waals surface area contributed by atoms with Crippen molar-refractivity contribution in [1.29, 1.82) is 0 Å². The van der Waals surface area contributed by atoms with Crippen molar-refractivity contribution in [3.63, 3.8) is 0 Å². The highest BCUT2D eigenvalue weighted by Crippen LogP contribution is 2.20. The van der Waals surface area contributed by atoms with Crippen molar-refractivity contribution in [2.24, 2.45) is 5.92 Å². The van der Waals surface area contributed by atoms with Gasteiger partial charge in [0.1, 0.15) is 0 Å². The summed E-state index contributed by atoms with van der Waals surface area (Å²) < 4.78 is 0. The van der Waals surface area contributed by atoms with E-state index < -0.39 is 0 Å². The van der Waals surface area contributed by atoms with Crippen molar-refractivity contribution in [2.45, 2.75) is 32.3 Å². The Kier molecular flexibility index (Phi) is 7.30. The number of aliphatic hydroxyl groups is 1. The minimum absolute atomic E-state index is 0.0521. The van der Waals surface area contributed by atoms with Crippen molar-refractivity contribution in [3.05, 3.63) is 0 Å². The molecule has 1 rings (SSSR count). The molecule has 0 amide bonds. The quantitative estimate of drug-likeness (QED) is 0.707. The molecule has 0 saturated carbocycles. The Bertz CT molecular complexity index is 170. The zero-order chi connectivity index (χ0) is 11.0.